The molecule has 5 heterocycles. The number of aryl methyl sites for hydroxylation is 4. The molecular weight excluding hydrogens is 681 g/mol. The molecule has 3 aromatic rings. The van der Waals surface area contributed by atoms with Gasteiger partial charge < -0.3 is 17.9 Å². The summed E-state index contributed by atoms with van der Waals surface area (Å²) in [6.07, 6.45) is 3.36. The number of carbonyl (C=O) groups is 2. The van der Waals surface area contributed by atoms with Crippen molar-refractivity contribution in [3.63, 3.8) is 0 Å². The number of hydrogen-bond donors (Lipinski definition) is 0. The second kappa shape index (κ2) is 14.8. The number of methoxy groups -OCH3 is 2. The van der Waals surface area contributed by atoms with Crippen molar-refractivity contribution in [1.29, 1.82) is 0 Å². The summed E-state index contributed by atoms with van der Waals surface area (Å²) < 4.78 is 15.4. The highest BCUT2D eigenvalue weighted by Gasteiger charge is 2.29. The van der Waals surface area contributed by atoms with Crippen LogP contribution in [0.4, 0.5) is 0 Å². The summed E-state index contributed by atoms with van der Waals surface area (Å²) in [4.78, 5) is 35.7. The lowest BCUT2D eigenvalue weighted by molar-refractivity contribution is -0.141. The fourth-order valence-corrected chi connectivity index (χ4v) is 11.9. The van der Waals surface area contributed by atoms with E-state index in [1.807, 2.05) is 0 Å². The van der Waals surface area contributed by atoms with Crippen molar-refractivity contribution < 1.29 is 19.1 Å². The lowest BCUT2D eigenvalue weighted by Gasteiger charge is -2.24. The van der Waals surface area contributed by atoms with E-state index in [0.717, 1.165) is 57.8 Å². The first-order valence-electron chi connectivity index (χ1n) is 18.7. The minimum Gasteiger partial charge on any atom is -0.469 e. The van der Waals surface area contributed by atoms with E-state index >= 15 is 0 Å². The van der Waals surface area contributed by atoms with Crippen LogP contribution in [0.15, 0.2) is 24.3 Å². The predicted molar refractivity (Wildman–Crippen MR) is 221 cm³/mol. The molecule has 0 unspecified atom stereocenters. The van der Waals surface area contributed by atoms with Crippen LogP contribution in [-0.2, 0) is 31.9 Å². The van der Waals surface area contributed by atoms with Gasteiger partial charge in [0.25, 0.3) is 0 Å². The highest BCUT2D eigenvalue weighted by molar-refractivity contribution is 6.76. The minimum absolute atomic E-state index is 0.229. The van der Waals surface area contributed by atoms with Crippen molar-refractivity contribution in [3.8, 4) is 0 Å². The number of allylic oxidation sites excluding steroid dienone is 4. The number of fused-ring (bicyclic) bond motifs is 8. The molecule has 0 aliphatic carbocycles. The third-order valence-electron chi connectivity index (χ3n) is 10.8. The SMILES string of the molecule is CCC1=C(C)c2cc3c(C)c(CC)c(cc4c(C)c(CCC(=O)OC)c(cc5nc(cc1n2)C(C)=C5CCC(=O)OC)n4[Si](C)(C)C)n3[Si](C)(C)C. The molecule has 8 bridgehead atoms. The second-order valence-corrected chi connectivity index (χ2v) is 25.7. The van der Waals surface area contributed by atoms with Gasteiger partial charge in [-0.3, -0.25) is 9.59 Å². The first kappa shape index (κ1) is 39.2. The molecule has 2 aliphatic rings. The van der Waals surface area contributed by atoms with E-state index in [4.69, 9.17) is 19.4 Å². The molecule has 8 nitrogen and oxygen atoms in total. The van der Waals surface area contributed by atoms with Crippen molar-refractivity contribution in [2.45, 2.75) is 119 Å². The van der Waals surface area contributed by atoms with Gasteiger partial charge in [-0.15, -0.1) is 0 Å². The van der Waals surface area contributed by atoms with E-state index in [1.54, 1.807) is 0 Å². The average molecular weight is 739 g/mol. The molecule has 0 N–H and O–H groups in total. The van der Waals surface area contributed by atoms with Crippen LogP contribution in [0.25, 0.3) is 44.4 Å². The van der Waals surface area contributed by atoms with Crippen LogP contribution < -0.4 is 0 Å². The second-order valence-electron chi connectivity index (χ2n) is 16.2. The molecule has 10 heteroatoms. The van der Waals surface area contributed by atoms with Gasteiger partial charge in [-0.25, -0.2) is 9.97 Å². The maximum Gasteiger partial charge on any atom is 0.305 e. The largest absolute Gasteiger partial charge is 0.469 e. The van der Waals surface area contributed by atoms with Crippen molar-refractivity contribution in [2.24, 2.45) is 0 Å². The van der Waals surface area contributed by atoms with Crippen LogP contribution >= 0.6 is 0 Å². The Kier molecular flexibility index (Phi) is 11.1. The maximum atomic E-state index is 12.6. The first-order valence-corrected chi connectivity index (χ1v) is 25.6. The zero-order valence-corrected chi connectivity index (χ0v) is 36.0. The van der Waals surface area contributed by atoms with Crippen LogP contribution in [0.2, 0.25) is 39.3 Å². The highest BCUT2D eigenvalue weighted by Crippen LogP contribution is 2.39. The molecule has 0 fully saturated rings. The van der Waals surface area contributed by atoms with Crippen LogP contribution in [-0.4, -0.2) is 61.1 Å². The van der Waals surface area contributed by atoms with Crippen LogP contribution in [0.5, 0.6) is 0 Å². The molecule has 0 amide bonds. The Labute approximate surface area is 312 Å². The first-order chi connectivity index (χ1) is 24.4. The Balaban J connectivity index is 2.12. The van der Waals surface area contributed by atoms with Gasteiger partial charge in [0.15, 0.2) is 16.5 Å². The number of carbonyl (C=O) groups excluding carboxylic acids is 2. The van der Waals surface area contributed by atoms with Gasteiger partial charge in [-0.1, -0.05) is 53.1 Å². The summed E-state index contributed by atoms with van der Waals surface area (Å²) in [5.74, 6) is -0.478. The van der Waals surface area contributed by atoms with Gasteiger partial charge >= 0.3 is 11.9 Å². The third kappa shape index (κ3) is 7.16. The summed E-state index contributed by atoms with van der Waals surface area (Å²) in [7, 11) is -1.23. The van der Waals surface area contributed by atoms with Crippen molar-refractivity contribution in [3.05, 3.63) is 69.3 Å². The monoisotopic (exact) mass is 738 g/mol. The van der Waals surface area contributed by atoms with Crippen LogP contribution in [0, 0.1) is 13.8 Å². The maximum absolute atomic E-state index is 12.6. The van der Waals surface area contributed by atoms with Gasteiger partial charge in [0.2, 0.25) is 0 Å². The van der Waals surface area contributed by atoms with Crippen molar-refractivity contribution in [2.75, 3.05) is 14.2 Å². The Morgan fingerprint density at radius 3 is 1.54 bits per heavy atom. The molecule has 0 atom stereocenters. The van der Waals surface area contributed by atoms with Crippen molar-refractivity contribution in [1.82, 2.24) is 18.4 Å². The molecule has 0 saturated heterocycles. The smallest absolute Gasteiger partial charge is 0.305 e. The lowest BCUT2D eigenvalue weighted by atomic mass is 9.99. The standard InChI is InChI=1S/C42H58N4O4Si2/c1-15-29-25(3)34-22-37-27(5)30(16-2)40(45(37)51(9,10)11)24-38-28(6)32(18-20-42(48)50-8)39(46(38)52(12,13)14)23-36-31(17-19-41(47)49-7)26(4)33(43-36)21-35(29)44-34/h21-24H,15-20H2,1-14H3. The Hall–Kier alpha value is -4.03. The Morgan fingerprint density at radius 1 is 0.577 bits per heavy atom. The quantitative estimate of drug-likeness (QED) is 0.152. The number of rotatable bonds is 10. The minimum atomic E-state index is -2.12. The van der Waals surface area contributed by atoms with E-state index in [1.165, 1.54) is 58.6 Å². The summed E-state index contributed by atoms with van der Waals surface area (Å²) in [6, 6.07) is 9.12. The van der Waals surface area contributed by atoms with Gasteiger partial charge in [0, 0.05) is 34.9 Å². The summed E-state index contributed by atoms with van der Waals surface area (Å²) in [5.41, 5.74) is 17.9. The molecule has 2 aliphatic heterocycles. The van der Waals surface area contributed by atoms with E-state index in [0.29, 0.717) is 12.8 Å². The Morgan fingerprint density at radius 2 is 1.02 bits per heavy atom. The highest BCUT2D eigenvalue weighted by atomic mass is 28.3. The molecule has 3 aromatic heterocycles. The van der Waals surface area contributed by atoms with Gasteiger partial charge in [-0.05, 0) is 122 Å². The topological polar surface area (TPSA) is 88.2 Å². The molecule has 0 aromatic carbocycles. The third-order valence-corrected chi connectivity index (χ3v) is 14.4. The van der Waals surface area contributed by atoms with E-state index in [2.05, 4.69) is 114 Å². The average Bonchev–Trinajstić information content (AvgIpc) is 3.71. The summed E-state index contributed by atoms with van der Waals surface area (Å²) in [6.45, 7) is 27.6. The summed E-state index contributed by atoms with van der Waals surface area (Å²) >= 11 is 0. The molecule has 0 saturated carbocycles. The summed E-state index contributed by atoms with van der Waals surface area (Å²) in [5, 5.41) is 0. The van der Waals surface area contributed by atoms with Crippen LogP contribution in [0.3, 0.4) is 0 Å². The van der Waals surface area contributed by atoms with Crippen LogP contribution in [0.1, 0.15) is 98.4 Å². The van der Waals surface area contributed by atoms with Crippen molar-refractivity contribution >= 4 is 72.8 Å². The number of nitrogens with zero attached hydrogens (tertiary/aromatic N) is 4. The molecule has 278 valence electrons. The molecular formula is C42H58N4O4Si2. The number of hydrogen-bond acceptors (Lipinski definition) is 6. The molecule has 0 radical (unpaired) electrons. The Bertz CT molecular complexity index is 2190. The number of aromatic nitrogens is 4. The number of ether oxygens (including phenoxy) is 2. The fraction of sp³-hybridized carbons (Fsp3) is 0.476. The van der Waals surface area contributed by atoms with Gasteiger partial charge in [0.05, 0.1) is 37.0 Å². The van der Waals surface area contributed by atoms with E-state index < -0.39 is 16.5 Å². The number of esters is 2. The van der Waals surface area contributed by atoms with Gasteiger partial charge in [0.1, 0.15) is 0 Å². The fourth-order valence-electron chi connectivity index (χ4n) is 8.13. The molecule has 0 spiro atoms. The lowest BCUT2D eigenvalue weighted by Crippen LogP contribution is -2.32. The van der Waals surface area contributed by atoms with Gasteiger partial charge in [-0.2, -0.15) is 0 Å². The molecule has 5 rings (SSSR count). The zero-order chi connectivity index (χ0) is 38.4. The molecule has 52 heavy (non-hydrogen) atoms. The predicted octanol–water partition coefficient (Wildman–Crippen LogP) is 10.1. The normalized spacial score (nSPS) is 13.7. The van der Waals surface area contributed by atoms with E-state index in [9.17, 15) is 9.59 Å². The van der Waals surface area contributed by atoms with E-state index in [-0.39, 0.29) is 24.8 Å². The zero-order valence-electron chi connectivity index (χ0n) is 34.0.